The van der Waals surface area contributed by atoms with Gasteiger partial charge in [0.25, 0.3) is 7.82 Å². The summed E-state index contributed by atoms with van der Waals surface area (Å²) in [5.74, 6) is -0.927. The lowest BCUT2D eigenvalue weighted by atomic mass is 10.1. The quantitative estimate of drug-likeness (QED) is 0.0197. The van der Waals surface area contributed by atoms with Crippen molar-refractivity contribution < 1.29 is 42.1 Å². The molecular formula is C48H84NO8P. The second-order valence-corrected chi connectivity index (χ2v) is 17.5. The van der Waals surface area contributed by atoms with Crippen LogP contribution in [0.5, 0.6) is 0 Å². The third kappa shape index (κ3) is 43.0. The number of carbonyl (C=O) groups is 2. The van der Waals surface area contributed by atoms with Gasteiger partial charge in [-0.25, -0.2) is 0 Å². The summed E-state index contributed by atoms with van der Waals surface area (Å²) in [6.45, 7) is 4.09. The van der Waals surface area contributed by atoms with Crippen molar-refractivity contribution in [3.05, 3.63) is 72.9 Å². The zero-order valence-corrected chi connectivity index (χ0v) is 38.4. The molecule has 0 aliphatic carbocycles. The molecule has 0 aliphatic rings. The number of carbonyl (C=O) groups excluding carboxylic acids is 2. The van der Waals surface area contributed by atoms with Crippen LogP contribution in [0.1, 0.15) is 168 Å². The fourth-order valence-corrected chi connectivity index (χ4v) is 6.35. The monoisotopic (exact) mass is 834 g/mol. The molecular weight excluding hydrogens is 750 g/mol. The highest BCUT2D eigenvalue weighted by atomic mass is 31.2. The van der Waals surface area contributed by atoms with Crippen molar-refractivity contribution in [3.8, 4) is 0 Å². The van der Waals surface area contributed by atoms with Crippen LogP contribution in [0.15, 0.2) is 72.9 Å². The second kappa shape index (κ2) is 39.9. The van der Waals surface area contributed by atoms with Crippen molar-refractivity contribution in [1.29, 1.82) is 0 Å². The Morgan fingerprint density at radius 3 is 1.47 bits per heavy atom. The van der Waals surface area contributed by atoms with E-state index in [-0.39, 0.29) is 26.1 Å². The molecule has 0 spiro atoms. The Kier molecular flexibility index (Phi) is 38.1. The third-order valence-corrected chi connectivity index (χ3v) is 10.2. The lowest BCUT2D eigenvalue weighted by Gasteiger charge is -2.28. The van der Waals surface area contributed by atoms with Crippen LogP contribution in [0.2, 0.25) is 0 Å². The Bertz CT molecular complexity index is 1220. The van der Waals surface area contributed by atoms with Gasteiger partial charge in [-0.2, -0.15) is 0 Å². The van der Waals surface area contributed by atoms with Gasteiger partial charge in [-0.3, -0.25) is 14.2 Å². The van der Waals surface area contributed by atoms with E-state index in [9.17, 15) is 19.0 Å². The van der Waals surface area contributed by atoms with Gasteiger partial charge in [0, 0.05) is 12.8 Å². The molecule has 0 aromatic rings. The Morgan fingerprint density at radius 2 is 0.948 bits per heavy atom. The first-order chi connectivity index (χ1) is 28.0. The van der Waals surface area contributed by atoms with Gasteiger partial charge in [0.05, 0.1) is 27.7 Å². The van der Waals surface area contributed by atoms with E-state index in [1.165, 1.54) is 64.2 Å². The first-order valence-corrected chi connectivity index (χ1v) is 24.1. The van der Waals surface area contributed by atoms with Crippen molar-refractivity contribution in [1.82, 2.24) is 0 Å². The van der Waals surface area contributed by atoms with Crippen LogP contribution in [0, 0.1) is 0 Å². The number of hydrogen-bond donors (Lipinski definition) is 0. The van der Waals surface area contributed by atoms with Crippen LogP contribution < -0.4 is 4.89 Å². The maximum atomic E-state index is 12.7. The summed E-state index contributed by atoms with van der Waals surface area (Å²) in [5.41, 5.74) is 0. The van der Waals surface area contributed by atoms with Crippen molar-refractivity contribution in [3.63, 3.8) is 0 Å². The standard InChI is InChI=1S/C48H84NO8P/c1-6-8-10-12-14-16-18-20-22-24-26-28-30-32-34-36-38-40-47(50)54-44-46(45-56-58(52,53)55-43-42-49(3,4)5)57-48(51)41-39-37-35-33-31-29-27-25-23-21-19-17-15-13-11-9-7-2/h14,16,20-23,26-29,33,35,46H,6-13,15,17-19,24-25,30-32,34,36-45H2,1-5H3/b16-14+,22-20+,23-21+,28-26+,29-27+,35-33+/t46-/m1/s1. The van der Waals surface area contributed by atoms with Crippen LogP contribution in [-0.2, 0) is 32.7 Å². The Morgan fingerprint density at radius 1 is 0.534 bits per heavy atom. The zero-order valence-electron chi connectivity index (χ0n) is 37.5. The second-order valence-electron chi connectivity index (χ2n) is 16.1. The molecule has 0 rings (SSSR count). The first-order valence-electron chi connectivity index (χ1n) is 22.6. The molecule has 0 saturated carbocycles. The Labute approximate surface area is 355 Å². The van der Waals surface area contributed by atoms with Gasteiger partial charge in [0.2, 0.25) is 0 Å². The van der Waals surface area contributed by atoms with E-state index in [1.807, 2.05) is 27.2 Å². The fourth-order valence-electron chi connectivity index (χ4n) is 5.62. The highest BCUT2D eigenvalue weighted by Gasteiger charge is 2.21. The van der Waals surface area contributed by atoms with Gasteiger partial charge in [-0.15, -0.1) is 0 Å². The molecule has 0 fully saturated rings. The molecule has 58 heavy (non-hydrogen) atoms. The van der Waals surface area contributed by atoms with E-state index in [1.54, 1.807) is 0 Å². The minimum absolute atomic E-state index is 0.0472. The van der Waals surface area contributed by atoms with Crippen molar-refractivity contribution >= 4 is 19.8 Å². The molecule has 0 aliphatic heterocycles. The SMILES string of the molecule is CCCCC/C=C/C/C=C/C/C=C/CCCCCCC(=O)OC[C@H](COP(=O)([O-])OCC[N+](C)(C)C)OC(=O)CCC/C=C/C/C=C/C/C=C/CCCCCCCC. The van der Waals surface area contributed by atoms with E-state index >= 15 is 0 Å². The molecule has 1 unspecified atom stereocenters. The Hall–Kier alpha value is -2.55. The van der Waals surface area contributed by atoms with Gasteiger partial charge in [0.1, 0.15) is 19.8 Å². The number of rotatable bonds is 40. The summed E-state index contributed by atoms with van der Waals surface area (Å²) in [4.78, 5) is 37.5. The maximum absolute atomic E-state index is 12.7. The average molecular weight is 834 g/mol. The number of phosphoric acid groups is 1. The van der Waals surface area contributed by atoms with Crippen LogP contribution >= 0.6 is 7.82 Å². The number of quaternary nitrogens is 1. The molecule has 334 valence electrons. The number of nitrogens with zero attached hydrogens (tertiary/aromatic N) is 1. The lowest BCUT2D eigenvalue weighted by molar-refractivity contribution is -0.870. The number of esters is 2. The summed E-state index contributed by atoms with van der Waals surface area (Å²) in [5, 5.41) is 0. The molecule has 0 amide bonds. The summed E-state index contributed by atoms with van der Waals surface area (Å²) < 4.78 is 33.8. The third-order valence-electron chi connectivity index (χ3n) is 9.20. The largest absolute Gasteiger partial charge is 0.756 e. The molecule has 0 radical (unpaired) electrons. The van der Waals surface area contributed by atoms with Gasteiger partial charge in [-0.1, -0.05) is 145 Å². The molecule has 0 N–H and O–H groups in total. The molecule has 0 saturated heterocycles. The minimum Gasteiger partial charge on any atom is -0.756 e. The van der Waals surface area contributed by atoms with Gasteiger partial charge >= 0.3 is 11.9 Å². The molecule has 0 aromatic carbocycles. The summed E-state index contributed by atoms with van der Waals surface area (Å²) in [6, 6.07) is 0. The smallest absolute Gasteiger partial charge is 0.306 e. The molecule has 10 heteroatoms. The highest BCUT2D eigenvalue weighted by Crippen LogP contribution is 2.38. The van der Waals surface area contributed by atoms with Crippen molar-refractivity contribution in [2.24, 2.45) is 0 Å². The van der Waals surface area contributed by atoms with E-state index in [0.29, 0.717) is 30.3 Å². The molecule has 2 atom stereocenters. The predicted octanol–water partition coefficient (Wildman–Crippen LogP) is 12.4. The predicted molar refractivity (Wildman–Crippen MR) is 240 cm³/mol. The fraction of sp³-hybridized carbons (Fsp3) is 0.708. The number of ether oxygens (including phenoxy) is 2. The van der Waals surface area contributed by atoms with E-state index in [4.69, 9.17) is 18.5 Å². The molecule has 0 heterocycles. The number of likely N-dealkylation sites (N-methyl/N-ethyl adjacent to an activating group) is 1. The van der Waals surface area contributed by atoms with Crippen molar-refractivity contribution in [2.45, 2.75) is 174 Å². The number of unbranched alkanes of at least 4 members (excludes halogenated alkanes) is 14. The topological polar surface area (TPSA) is 111 Å². The normalized spacial score (nSPS) is 14.2. The number of hydrogen-bond acceptors (Lipinski definition) is 8. The molecule has 0 bridgehead atoms. The van der Waals surface area contributed by atoms with Gasteiger partial charge in [0.15, 0.2) is 6.10 Å². The van der Waals surface area contributed by atoms with Crippen molar-refractivity contribution in [2.75, 3.05) is 47.5 Å². The highest BCUT2D eigenvalue weighted by molar-refractivity contribution is 7.45. The minimum atomic E-state index is -4.65. The van der Waals surface area contributed by atoms with Crippen LogP contribution in [0.3, 0.4) is 0 Å². The maximum Gasteiger partial charge on any atom is 0.306 e. The first kappa shape index (κ1) is 55.5. The van der Waals surface area contributed by atoms with E-state index in [2.05, 4.69) is 80.7 Å². The van der Waals surface area contributed by atoms with Gasteiger partial charge in [-0.05, 0) is 83.5 Å². The average Bonchev–Trinajstić information content (AvgIpc) is 3.17. The van der Waals surface area contributed by atoms with Crippen LogP contribution in [0.4, 0.5) is 0 Å². The Balaban J connectivity index is 4.49. The van der Waals surface area contributed by atoms with Crippen LogP contribution in [-0.4, -0.2) is 70.0 Å². The summed E-state index contributed by atoms with van der Waals surface area (Å²) in [7, 11) is 1.11. The van der Waals surface area contributed by atoms with E-state index < -0.39 is 32.5 Å². The summed E-state index contributed by atoms with van der Waals surface area (Å²) in [6.07, 6.45) is 49.3. The number of allylic oxidation sites excluding steroid dienone is 12. The summed E-state index contributed by atoms with van der Waals surface area (Å²) >= 11 is 0. The van der Waals surface area contributed by atoms with E-state index in [0.717, 1.165) is 57.8 Å². The van der Waals surface area contributed by atoms with Crippen LogP contribution in [0.25, 0.3) is 0 Å². The lowest BCUT2D eigenvalue weighted by Crippen LogP contribution is -2.37. The zero-order chi connectivity index (χ0) is 42.8. The van der Waals surface area contributed by atoms with Gasteiger partial charge < -0.3 is 27.9 Å². The molecule has 0 aromatic heterocycles. The molecule has 9 nitrogen and oxygen atoms in total. The number of phosphoric ester groups is 1.